The average molecular weight is 816 g/mol. The standard InChI is InChI=1S/C40H45N7O12/c1-6-9-33-43-35(40(4,5)51)34(37(48)54-23-32-24(2)57-39(50)59-32)45(33)20-26-16-18-29(19-17-26)30-10-7-8-11-31(30)36(41)44-46(42)25(3)58-38(49)55-21-27-12-14-28(15-13-27)22-56-47(52)53/h7-8,10-19,25,51H,6,9,20-23,42H2,1-5H3,(H2,41,44). The van der Waals surface area contributed by atoms with Crippen molar-refractivity contribution >= 4 is 18.0 Å². The van der Waals surface area contributed by atoms with Crippen LogP contribution < -0.4 is 17.4 Å². The van der Waals surface area contributed by atoms with E-state index in [9.17, 15) is 29.6 Å². The van der Waals surface area contributed by atoms with E-state index >= 15 is 0 Å². The van der Waals surface area contributed by atoms with Crippen LogP contribution in [0.3, 0.4) is 0 Å². The molecule has 2 aromatic heterocycles. The monoisotopic (exact) mass is 815 g/mol. The van der Waals surface area contributed by atoms with E-state index in [4.69, 9.17) is 34.6 Å². The third kappa shape index (κ3) is 11.3. The number of hydrogen-bond donors (Lipinski definition) is 3. The molecule has 0 radical (unpaired) electrons. The number of ether oxygens (including phenoxy) is 3. The molecule has 0 saturated carbocycles. The fourth-order valence-corrected chi connectivity index (χ4v) is 5.84. The predicted octanol–water partition coefficient (Wildman–Crippen LogP) is 5.19. The number of benzene rings is 3. The second kappa shape index (κ2) is 19.0. The first kappa shape index (κ1) is 43.1. The van der Waals surface area contributed by atoms with Gasteiger partial charge in [-0.3, -0.25) is 0 Å². The van der Waals surface area contributed by atoms with E-state index in [0.29, 0.717) is 35.4 Å². The molecule has 1 atom stereocenters. The smallest absolute Gasteiger partial charge is 0.453 e. The van der Waals surface area contributed by atoms with Gasteiger partial charge in [0.15, 0.2) is 29.7 Å². The van der Waals surface area contributed by atoms with Gasteiger partial charge >= 0.3 is 17.9 Å². The molecular formula is C40H45N7O12. The highest BCUT2D eigenvalue weighted by Gasteiger charge is 2.33. The van der Waals surface area contributed by atoms with Crippen molar-refractivity contribution in [3.8, 4) is 11.1 Å². The molecule has 0 spiro atoms. The molecule has 312 valence electrons. The number of nitrogens with zero attached hydrogens (tertiary/aromatic N) is 5. The number of rotatable bonds is 18. The van der Waals surface area contributed by atoms with E-state index in [2.05, 4.69) is 14.9 Å². The summed E-state index contributed by atoms with van der Waals surface area (Å²) in [5, 5.41) is 25.7. The number of hydrogen-bond acceptors (Lipinski definition) is 16. The van der Waals surface area contributed by atoms with Crippen molar-refractivity contribution in [1.29, 1.82) is 0 Å². The van der Waals surface area contributed by atoms with Crippen LogP contribution in [0.25, 0.3) is 11.1 Å². The second-order valence-corrected chi connectivity index (χ2v) is 13.8. The SMILES string of the molecule is CCCc1nc(C(C)(C)O)c(C(=O)OCc2oc(=O)oc2C)n1Cc1ccc(-c2ccccc2/C(N)=N/N(N)C(C)OC(=O)OCc2ccc(CO[N+](=O)[O-])cc2)cc1. The fraction of sp³-hybridized carbons (Fsp3) is 0.325. The summed E-state index contributed by atoms with van der Waals surface area (Å²) >= 11 is 0. The Bertz CT molecular complexity index is 2340. The van der Waals surface area contributed by atoms with Crippen LogP contribution in [-0.2, 0) is 57.4 Å². The molecule has 0 saturated heterocycles. The maximum atomic E-state index is 13.6. The lowest BCUT2D eigenvalue weighted by Crippen LogP contribution is -2.40. The molecule has 0 fully saturated rings. The number of hydrazone groups is 1. The van der Waals surface area contributed by atoms with Gasteiger partial charge in [-0.2, -0.15) is 5.12 Å². The quantitative estimate of drug-likeness (QED) is 0.0195. The maximum absolute atomic E-state index is 13.6. The molecule has 0 bridgehead atoms. The number of esters is 1. The van der Waals surface area contributed by atoms with Crippen molar-refractivity contribution in [2.75, 3.05) is 0 Å². The van der Waals surface area contributed by atoms with E-state index in [-0.39, 0.29) is 55.1 Å². The summed E-state index contributed by atoms with van der Waals surface area (Å²) in [4.78, 5) is 57.0. The topological polar surface area (TPSA) is 263 Å². The number of aryl methyl sites for hydroxylation is 2. The highest BCUT2D eigenvalue weighted by molar-refractivity contribution is 6.03. The first-order valence-electron chi connectivity index (χ1n) is 18.4. The number of carbonyl (C=O) groups excluding carboxylic acids is 2. The third-order valence-electron chi connectivity index (χ3n) is 8.85. The summed E-state index contributed by atoms with van der Waals surface area (Å²) in [7, 11) is 0. The van der Waals surface area contributed by atoms with Crippen LogP contribution in [0.4, 0.5) is 4.79 Å². The molecule has 19 nitrogen and oxygen atoms in total. The number of aromatic nitrogens is 2. The molecule has 5 rings (SSSR count). The number of hydrazine groups is 1. The van der Waals surface area contributed by atoms with Gasteiger partial charge in [0.1, 0.15) is 30.3 Å². The summed E-state index contributed by atoms with van der Waals surface area (Å²) in [5.41, 5.74) is 9.18. The van der Waals surface area contributed by atoms with Crippen molar-refractivity contribution < 1.29 is 47.7 Å². The molecule has 2 heterocycles. The van der Waals surface area contributed by atoms with Crippen LogP contribution in [0, 0.1) is 17.0 Å². The molecule has 5 N–H and O–H groups in total. The van der Waals surface area contributed by atoms with Gasteiger partial charge in [0.2, 0.25) is 6.23 Å². The fourth-order valence-electron chi connectivity index (χ4n) is 5.84. The van der Waals surface area contributed by atoms with Gasteiger partial charge in [-0.1, -0.05) is 79.7 Å². The Morgan fingerprint density at radius 2 is 1.64 bits per heavy atom. The van der Waals surface area contributed by atoms with Gasteiger partial charge in [0.05, 0.1) is 0 Å². The van der Waals surface area contributed by atoms with Crippen LogP contribution in [0.2, 0.25) is 0 Å². The summed E-state index contributed by atoms with van der Waals surface area (Å²) in [5.74, 6) is 5.30. The molecular weight excluding hydrogens is 770 g/mol. The zero-order valence-corrected chi connectivity index (χ0v) is 33.1. The Morgan fingerprint density at radius 1 is 1.00 bits per heavy atom. The van der Waals surface area contributed by atoms with Gasteiger partial charge in [0, 0.05) is 18.5 Å². The van der Waals surface area contributed by atoms with Gasteiger partial charge in [0.25, 0.3) is 5.09 Å². The predicted molar refractivity (Wildman–Crippen MR) is 209 cm³/mol. The minimum atomic E-state index is -1.49. The molecule has 0 aliphatic heterocycles. The number of imidazole rings is 1. The van der Waals surface area contributed by atoms with Crippen LogP contribution in [0.15, 0.2) is 91.5 Å². The van der Waals surface area contributed by atoms with E-state index in [1.165, 1.54) is 27.7 Å². The van der Waals surface area contributed by atoms with Gasteiger partial charge in [-0.25, -0.2) is 25.2 Å². The highest BCUT2D eigenvalue weighted by atomic mass is 16.9. The lowest BCUT2D eigenvalue weighted by atomic mass is 9.98. The van der Waals surface area contributed by atoms with Crippen molar-refractivity contribution in [3.05, 3.63) is 145 Å². The zero-order chi connectivity index (χ0) is 42.9. The largest absolute Gasteiger partial charge is 0.519 e. The number of aliphatic hydroxyl groups is 1. The van der Waals surface area contributed by atoms with Crippen LogP contribution in [0.1, 0.15) is 89.9 Å². The lowest BCUT2D eigenvalue weighted by molar-refractivity contribution is -0.763. The number of carbonyl (C=O) groups is 2. The average Bonchev–Trinajstić information content (AvgIpc) is 3.73. The van der Waals surface area contributed by atoms with E-state index in [1.54, 1.807) is 41.0 Å². The lowest BCUT2D eigenvalue weighted by Gasteiger charge is -2.21. The maximum Gasteiger partial charge on any atom is 0.519 e. The Kier molecular flexibility index (Phi) is 13.9. The molecule has 0 amide bonds. The van der Waals surface area contributed by atoms with Crippen molar-refractivity contribution in [2.24, 2.45) is 16.7 Å². The van der Waals surface area contributed by atoms with Gasteiger partial charge < -0.3 is 43.3 Å². The first-order valence-corrected chi connectivity index (χ1v) is 18.4. The second-order valence-electron chi connectivity index (χ2n) is 13.8. The van der Waals surface area contributed by atoms with Crippen molar-refractivity contribution in [1.82, 2.24) is 14.7 Å². The molecule has 5 aromatic rings. The molecule has 0 aliphatic carbocycles. The Hall–Kier alpha value is -6.99. The van der Waals surface area contributed by atoms with Crippen LogP contribution >= 0.6 is 0 Å². The molecule has 1 unspecified atom stereocenters. The Morgan fingerprint density at radius 3 is 2.25 bits per heavy atom. The normalized spacial score (nSPS) is 12.2. The zero-order valence-electron chi connectivity index (χ0n) is 33.1. The van der Waals surface area contributed by atoms with Gasteiger partial charge in [-0.05, 0) is 61.9 Å². The molecule has 0 aliphatic rings. The highest BCUT2D eigenvalue weighted by Crippen LogP contribution is 2.29. The minimum Gasteiger partial charge on any atom is -0.453 e. The summed E-state index contributed by atoms with van der Waals surface area (Å²) < 4.78 is 27.5. The summed E-state index contributed by atoms with van der Waals surface area (Å²) in [6, 6.07) is 21.2. The summed E-state index contributed by atoms with van der Waals surface area (Å²) in [6.07, 6.45) is -0.862. The molecule has 59 heavy (non-hydrogen) atoms. The molecule has 3 aromatic carbocycles. The summed E-state index contributed by atoms with van der Waals surface area (Å²) in [6.45, 7) is 7.56. The van der Waals surface area contributed by atoms with Crippen molar-refractivity contribution in [2.45, 2.75) is 85.7 Å². The first-order chi connectivity index (χ1) is 28.0. The van der Waals surface area contributed by atoms with Crippen LogP contribution in [-0.4, -0.2) is 49.1 Å². The Labute approximate surface area is 337 Å². The number of nitrogens with two attached hydrogens (primary N) is 2. The van der Waals surface area contributed by atoms with Crippen LogP contribution in [0.5, 0.6) is 0 Å². The van der Waals surface area contributed by atoms with E-state index in [1.807, 2.05) is 43.3 Å². The Balaban J connectivity index is 1.28. The number of amidine groups is 1. The van der Waals surface area contributed by atoms with E-state index < -0.39 is 34.9 Å². The van der Waals surface area contributed by atoms with Crippen molar-refractivity contribution in [3.63, 3.8) is 0 Å². The third-order valence-corrected chi connectivity index (χ3v) is 8.85. The minimum absolute atomic E-state index is 0.0342. The molecule has 19 heteroatoms. The van der Waals surface area contributed by atoms with E-state index in [0.717, 1.165) is 21.8 Å². The van der Waals surface area contributed by atoms with Gasteiger partial charge in [-0.15, -0.1) is 15.2 Å².